The molecular weight excluding hydrogens is 321 g/mol. The molecule has 0 aliphatic carbocycles. The number of fused-ring (bicyclic) bond motifs is 1. The maximum atomic E-state index is 12.9. The molecule has 0 saturated carbocycles. The average molecular weight is 341 g/mol. The lowest BCUT2D eigenvalue weighted by Crippen LogP contribution is -2.35. The first-order chi connectivity index (χ1) is 12.1. The molecule has 6 heteroatoms. The fourth-order valence-corrected chi connectivity index (χ4v) is 2.93. The molecule has 0 bridgehead atoms. The number of aryl methyl sites for hydroxylation is 1. The number of halogens is 1. The van der Waals surface area contributed by atoms with Crippen LogP contribution in [0.3, 0.4) is 0 Å². The minimum Gasteiger partial charge on any atom is -0.312 e. The van der Waals surface area contributed by atoms with Crippen molar-refractivity contribution >= 4 is 29.0 Å². The molecule has 1 heterocycles. The fraction of sp³-hybridized carbons (Fsp3) is 0.263. The van der Waals surface area contributed by atoms with Crippen LogP contribution in [0.1, 0.15) is 25.3 Å². The molecular formula is C19H20FN3O2. The topological polar surface area (TPSA) is 61.4 Å². The summed E-state index contributed by atoms with van der Waals surface area (Å²) in [5.74, 6) is -0.282. The zero-order chi connectivity index (χ0) is 17.8. The van der Waals surface area contributed by atoms with Gasteiger partial charge < -0.3 is 15.5 Å². The number of urea groups is 1. The van der Waals surface area contributed by atoms with Crippen LogP contribution in [0, 0.1) is 5.82 Å². The van der Waals surface area contributed by atoms with Crippen molar-refractivity contribution in [2.45, 2.75) is 26.2 Å². The number of nitrogens with one attached hydrogen (secondary N) is 2. The van der Waals surface area contributed by atoms with Crippen LogP contribution in [0.5, 0.6) is 0 Å². The van der Waals surface area contributed by atoms with Crippen molar-refractivity contribution in [2.24, 2.45) is 0 Å². The van der Waals surface area contributed by atoms with E-state index in [4.69, 9.17) is 0 Å². The number of anilines is 3. The normalized spacial score (nSPS) is 13.1. The molecule has 0 radical (unpaired) electrons. The van der Waals surface area contributed by atoms with Crippen LogP contribution >= 0.6 is 0 Å². The SMILES string of the molecule is CCC(=O)N1CCCc2ccc(NC(=O)Nc3ccc(F)cc3)cc21. The minimum absolute atomic E-state index is 0.0777. The zero-order valence-corrected chi connectivity index (χ0v) is 14.0. The van der Waals surface area contributed by atoms with Gasteiger partial charge in [0.05, 0.1) is 0 Å². The van der Waals surface area contributed by atoms with E-state index in [-0.39, 0.29) is 11.7 Å². The number of nitrogens with zero attached hydrogens (tertiary/aromatic N) is 1. The van der Waals surface area contributed by atoms with Gasteiger partial charge in [-0.15, -0.1) is 0 Å². The van der Waals surface area contributed by atoms with Crippen molar-refractivity contribution in [1.29, 1.82) is 0 Å². The van der Waals surface area contributed by atoms with Gasteiger partial charge in [-0.25, -0.2) is 9.18 Å². The summed E-state index contributed by atoms with van der Waals surface area (Å²) in [6.45, 7) is 2.54. The Balaban J connectivity index is 1.74. The molecule has 25 heavy (non-hydrogen) atoms. The third-order valence-electron chi connectivity index (χ3n) is 4.17. The highest BCUT2D eigenvalue weighted by Gasteiger charge is 2.21. The first-order valence-corrected chi connectivity index (χ1v) is 8.33. The highest BCUT2D eigenvalue weighted by molar-refractivity contribution is 6.01. The van der Waals surface area contributed by atoms with Gasteiger partial charge in [-0.05, 0) is 54.8 Å². The molecule has 2 aromatic rings. The van der Waals surface area contributed by atoms with Crippen LogP contribution in [0.2, 0.25) is 0 Å². The monoisotopic (exact) mass is 341 g/mol. The summed E-state index contributed by atoms with van der Waals surface area (Å²) < 4.78 is 12.9. The van der Waals surface area contributed by atoms with Gasteiger partial charge in [-0.3, -0.25) is 4.79 Å². The van der Waals surface area contributed by atoms with Gasteiger partial charge in [0, 0.05) is 30.0 Å². The molecule has 0 unspecified atom stereocenters. The summed E-state index contributed by atoms with van der Waals surface area (Å²) in [4.78, 5) is 26.0. The van der Waals surface area contributed by atoms with Crippen LogP contribution in [-0.2, 0) is 11.2 Å². The van der Waals surface area contributed by atoms with Gasteiger partial charge in [0.1, 0.15) is 5.82 Å². The molecule has 1 aliphatic heterocycles. The predicted molar refractivity (Wildman–Crippen MR) is 96.4 cm³/mol. The quantitative estimate of drug-likeness (QED) is 0.880. The van der Waals surface area contributed by atoms with Gasteiger partial charge in [-0.1, -0.05) is 13.0 Å². The molecule has 0 spiro atoms. The Kier molecular flexibility index (Phi) is 4.97. The number of amides is 3. The van der Waals surface area contributed by atoms with E-state index in [1.54, 1.807) is 4.90 Å². The molecule has 0 atom stereocenters. The van der Waals surface area contributed by atoms with Crippen molar-refractivity contribution < 1.29 is 14.0 Å². The molecule has 2 aromatic carbocycles. The number of rotatable bonds is 3. The van der Waals surface area contributed by atoms with E-state index in [0.29, 0.717) is 24.3 Å². The molecule has 2 N–H and O–H groups in total. The van der Waals surface area contributed by atoms with Gasteiger partial charge >= 0.3 is 6.03 Å². The van der Waals surface area contributed by atoms with Crippen LogP contribution < -0.4 is 15.5 Å². The highest BCUT2D eigenvalue weighted by Crippen LogP contribution is 2.30. The first-order valence-electron chi connectivity index (χ1n) is 8.33. The number of hydrogen-bond donors (Lipinski definition) is 2. The van der Waals surface area contributed by atoms with Crippen LogP contribution in [0.25, 0.3) is 0 Å². The minimum atomic E-state index is -0.421. The van der Waals surface area contributed by atoms with E-state index in [1.807, 2.05) is 25.1 Å². The summed E-state index contributed by atoms with van der Waals surface area (Å²) in [7, 11) is 0. The molecule has 3 rings (SSSR count). The lowest BCUT2D eigenvalue weighted by molar-refractivity contribution is -0.118. The third kappa shape index (κ3) is 3.96. The second kappa shape index (κ2) is 7.34. The van der Waals surface area contributed by atoms with E-state index in [0.717, 1.165) is 24.1 Å². The van der Waals surface area contributed by atoms with Gasteiger partial charge in [0.15, 0.2) is 0 Å². The average Bonchev–Trinajstić information content (AvgIpc) is 2.62. The molecule has 0 fully saturated rings. The predicted octanol–water partition coefficient (Wildman–Crippen LogP) is 4.16. The molecule has 3 amide bonds. The zero-order valence-electron chi connectivity index (χ0n) is 14.0. The van der Waals surface area contributed by atoms with E-state index in [2.05, 4.69) is 10.6 Å². The smallest absolute Gasteiger partial charge is 0.312 e. The van der Waals surface area contributed by atoms with Crippen molar-refractivity contribution in [2.75, 3.05) is 22.1 Å². The van der Waals surface area contributed by atoms with Crippen LogP contribution in [0.4, 0.5) is 26.2 Å². The van der Waals surface area contributed by atoms with Crippen molar-refractivity contribution in [1.82, 2.24) is 0 Å². The summed E-state index contributed by atoms with van der Waals surface area (Å²) in [5, 5.41) is 5.40. The Bertz CT molecular complexity index is 790. The standard InChI is InChI=1S/C19H20FN3O2/c1-2-18(24)23-11-3-4-13-5-8-16(12-17(13)23)22-19(25)21-15-9-6-14(20)7-10-15/h5-10,12H,2-4,11H2,1H3,(H2,21,22,25). The Morgan fingerprint density at radius 3 is 2.48 bits per heavy atom. The van der Waals surface area contributed by atoms with E-state index in [9.17, 15) is 14.0 Å². The Morgan fingerprint density at radius 2 is 1.76 bits per heavy atom. The van der Waals surface area contributed by atoms with Gasteiger partial charge in [-0.2, -0.15) is 0 Å². The second-order valence-corrected chi connectivity index (χ2v) is 5.93. The maximum absolute atomic E-state index is 12.9. The third-order valence-corrected chi connectivity index (χ3v) is 4.17. The lowest BCUT2D eigenvalue weighted by atomic mass is 10.0. The largest absolute Gasteiger partial charge is 0.323 e. The second-order valence-electron chi connectivity index (χ2n) is 5.93. The van der Waals surface area contributed by atoms with Gasteiger partial charge in [0.2, 0.25) is 5.91 Å². The lowest BCUT2D eigenvalue weighted by Gasteiger charge is -2.29. The van der Waals surface area contributed by atoms with Gasteiger partial charge in [0.25, 0.3) is 0 Å². The molecule has 0 saturated heterocycles. The summed E-state index contributed by atoms with van der Waals surface area (Å²) in [6, 6.07) is 10.7. The van der Waals surface area contributed by atoms with E-state index < -0.39 is 6.03 Å². The van der Waals surface area contributed by atoms with Crippen LogP contribution in [-0.4, -0.2) is 18.5 Å². The fourth-order valence-electron chi connectivity index (χ4n) is 2.93. The van der Waals surface area contributed by atoms with E-state index >= 15 is 0 Å². The Morgan fingerprint density at radius 1 is 1.08 bits per heavy atom. The van der Waals surface area contributed by atoms with E-state index in [1.165, 1.54) is 24.3 Å². The maximum Gasteiger partial charge on any atom is 0.323 e. The number of carbonyl (C=O) groups excluding carboxylic acids is 2. The van der Waals surface area contributed by atoms with Crippen molar-refractivity contribution in [3.63, 3.8) is 0 Å². The highest BCUT2D eigenvalue weighted by atomic mass is 19.1. The Labute approximate surface area is 145 Å². The molecule has 130 valence electrons. The Hall–Kier alpha value is -2.89. The number of hydrogen-bond acceptors (Lipinski definition) is 2. The molecule has 1 aliphatic rings. The number of carbonyl (C=O) groups is 2. The molecule has 0 aromatic heterocycles. The van der Waals surface area contributed by atoms with Crippen molar-refractivity contribution in [3.8, 4) is 0 Å². The summed E-state index contributed by atoms with van der Waals surface area (Å²) in [5.41, 5.74) is 3.07. The van der Waals surface area contributed by atoms with Crippen molar-refractivity contribution in [3.05, 3.63) is 53.8 Å². The number of benzene rings is 2. The first kappa shape index (κ1) is 17.0. The van der Waals surface area contributed by atoms with Crippen LogP contribution in [0.15, 0.2) is 42.5 Å². The molecule has 5 nitrogen and oxygen atoms in total. The summed E-state index contributed by atoms with van der Waals surface area (Å²) >= 11 is 0. The summed E-state index contributed by atoms with van der Waals surface area (Å²) in [6.07, 6.45) is 2.31.